The Hall–Kier alpha value is -3.93. The Morgan fingerprint density at radius 3 is 2.36 bits per heavy atom. The highest BCUT2D eigenvalue weighted by Gasteiger charge is 2.30. The van der Waals surface area contributed by atoms with Crippen molar-refractivity contribution in [2.24, 2.45) is 5.41 Å². The van der Waals surface area contributed by atoms with E-state index in [1.165, 1.54) is 17.0 Å². The molecule has 0 unspecified atom stereocenters. The van der Waals surface area contributed by atoms with E-state index in [9.17, 15) is 13.2 Å². The fourth-order valence-corrected chi connectivity index (χ4v) is 5.78. The van der Waals surface area contributed by atoms with E-state index in [-0.39, 0.29) is 5.41 Å². The fourth-order valence-electron chi connectivity index (χ4n) is 5.78. The predicted octanol–water partition coefficient (Wildman–Crippen LogP) is 8.54. The fraction of sp³-hybridized carbons (Fsp3) is 0.200. The minimum Gasteiger partial charge on any atom is -0.308 e. The summed E-state index contributed by atoms with van der Waals surface area (Å²) in [4.78, 5) is 9.35. The Morgan fingerprint density at radius 2 is 1.58 bits per heavy atom. The molecule has 0 N–H and O–H groups in total. The van der Waals surface area contributed by atoms with Gasteiger partial charge in [-0.2, -0.15) is 13.2 Å². The van der Waals surface area contributed by atoms with E-state index in [1.807, 2.05) is 24.3 Å². The molecule has 0 bridgehead atoms. The number of alkyl halides is 3. The number of aromatic nitrogens is 3. The maximum absolute atomic E-state index is 13.5. The van der Waals surface area contributed by atoms with Gasteiger partial charge in [-0.3, -0.25) is 0 Å². The molecule has 7 aromatic rings. The second-order valence-electron chi connectivity index (χ2n) is 10.9. The Balaban J connectivity index is 1.75. The first-order chi connectivity index (χ1) is 17.1. The van der Waals surface area contributed by atoms with Gasteiger partial charge in [-0.1, -0.05) is 45.0 Å². The molecular formula is C30H22F3N3. The lowest BCUT2D eigenvalue weighted by atomic mass is 9.85. The number of nitrogens with zero attached hydrogens (tertiary/aromatic N) is 3. The van der Waals surface area contributed by atoms with Crippen molar-refractivity contribution in [2.75, 3.05) is 0 Å². The molecule has 0 amide bonds. The van der Waals surface area contributed by atoms with Crippen LogP contribution in [-0.4, -0.2) is 14.4 Å². The molecule has 3 nitrogen and oxygen atoms in total. The minimum atomic E-state index is -4.40. The predicted molar refractivity (Wildman–Crippen MR) is 140 cm³/mol. The lowest BCUT2D eigenvalue weighted by molar-refractivity contribution is -0.137. The van der Waals surface area contributed by atoms with E-state index < -0.39 is 11.7 Å². The van der Waals surface area contributed by atoms with Gasteiger partial charge in [-0.25, -0.2) is 9.97 Å². The van der Waals surface area contributed by atoms with Gasteiger partial charge in [0, 0.05) is 16.2 Å². The van der Waals surface area contributed by atoms with Gasteiger partial charge in [0.1, 0.15) is 6.33 Å². The molecule has 0 radical (unpaired) electrons. The minimum absolute atomic E-state index is 0.0614. The van der Waals surface area contributed by atoms with Crippen molar-refractivity contribution in [3.63, 3.8) is 0 Å². The van der Waals surface area contributed by atoms with Crippen LogP contribution in [0.1, 0.15) is 31.9 Å². The smallest absolute Gasteiger partial charge is 0.308 e. The molecule has 0 aliphatic carbocycles. The van der Waals surface area contributed by atoms with Crippen LogP contribution in [0.25, 0.3) is 59.9 Å². The SMILES string of the molecule is CC(C)(C)Cc1cc2ncnc3c4cc5ccc(C(F)(F)F)cc5cc4n4c5ccccc5c1c4c23. The summed E-state index contributed by atoms with van der Waals surface area (Å²) in [5.74, 6) is 0. The zero-order valence-electron chi connectivity index (χ0n) is 20.0. The van der Waals surface area contributed by atoms with Crippen molar-refractivity contribution >= 4 is 59.9 Å². The highest BCUT2D eigenvalue weighted by Crippen LogP contribution is 2.44. The summed E-state index contributed by atoms with van der Waals surface area (Å²) in [6.07, 6.45) is -1.94. The van der Waals surface area contributed by atoms with Gasteiger partial charge in [0.05, 0.1) is 38.5 Å². The zero-order chi connectivity index (χ0) is 25.0. The van der Waals surface area contributed by atoms with Gasteiger partial charge in [0.15, 0.2) is 0 Å². The number of halogens is 3. The number of hydrogen-bond acceptors (Lipinski definition) is 2. The highest BCUT2D eigenvalue weighted by molar-refractivity contribution is 6.28. The molecule has 4 aromatic carbocycles. The molecule has 0 atom stereocenters. The summed E-state index contributed by atoms with van der Waals surface area (Å²) >= 11 is 0. The van der Waals surface area contributed by atoms with Gasteiger partial charge < -0.3 is 4.40 Å². The molecule has 178 valence electrons. The summed E-state index contributed by atoms with van der Waals surface area (Å²) in [7, 11) is 0. The first kappa shape index (κ1) is 21.4. The maximum atomic E-state index is 13.5. The van der Waals surface area contributed by atoms with E-state index in [4.69, 9.17) is 4.98 Å². The van der Waals surface area contributed by atoms with E-state index >= 15 is 0 Å². The summed E-state index contributed by atoms with van der Waals surface area (Å²) in [6, 6.07) is 18.2. The van der Waals surface area contributed by atoms with Crippen molar-refractivity contribution < 1.29 is 13.2 Å². The van der Waals surface area contributed by atoms with Crippen LogP contribution in [-0.2, 0) is 12.6 Å². The van der Waals surface area contributed by atoms with Crippen LogP contribution in [0, 0.1) is 5.41 Å². The summed E-state index contributed by atoms with van der Waals surface area (Å²) in [5, 5.41) is 5.47. The van der Waals surface area contributed by atoms with Crippen LogP contribution < -0.4 is 0 Å². The molecular weight excluding hydrogens is 459 g/mol. The van der Waals surface area contributed by atoms with Crippen LogP contribution in [0.5, 0.6) is 0 Å². The number of pyridine rings is 1. The maximum Gasteiger partial charge on any atom is 0.416 e. The Morgan fingerprint density at radius 1 is 0.778 bits per heavy atom. The van der Waals surface area contributed by atoms with Crippen molar-refractivity contribution in [3.8, 4) is 0 Å². The van der Waals surface area contributed by atoms with Crippen molar-refractivity contribution in [2.45, 2.75) is 33.4 Å². The van der Waals surface area contributed by atoms with Gasteiger partial charge >= 0.3 is 6.18 Å². The quantitative estimate of drug-likeness (QED) is 0.174. The largest absolute Gasteiger partial charge is 0.416 e. The zero-order valence-corrected chi connectivity index (χ0v) is 20.0. The molecule has 3 heterocycles. The average molecular weight is 482 g/mol. The summed E-state index contributed by atoms with van der Waals surface area (Å²) in [5.41, 5.74) is 5.23. The molecule has 0 aliphatic rings. The van der Waals surface area contributed by atoms with Crippen LogP contribution >= 0.6 is 0 Å². The topological polar surface area (TPSA) is 30.2 Å². The molecule has 36 heavy (non-hydrogen) atoms. The number of rotatable bonds is 1. The number of fused-ring (bicyclic) bond motifs is 7. The third kappa shape index (κ3) is 2.93. The highest BCUT2D eigenvalue weighted by atomic mass is 19.4. The van der Waals surface area contributed by atoms with Gasteiger partial charge in [-0.05, 0) is 64.6 Å². The molecule has 6 heteroatoms. The number of hydrogen-bond donors (Lipinski definition) is 0. The molecule has 0 aliphatic heterocycles. The Labute approximate surface area is 204 Å². The standard InChI is InChI=1S/C30H22F3N3/c1-29(2,3)14-18-12-22-26-27(35-15-34-22)21-11-16-8-9-19(30(31,32)33)10-17(16)13-24(21)36-23-7-5-4-6-20(23)25(18)28(26)36/h4-13,15H,14H2,1-3H3. The van der Waals surface area contributed by atoms with Crippen LogP contribution in [0.2, 0.25) is 0 Å². The van der Waals surface area contributed by atoms with Crippen LogP contribution in [0.15, 0.2) is 67.0 Å². The Bertz CT molecular complexity index is 1990. The monoisotopic (exact) mass is 481 g/mol. The number of para-hydroxylation sites is 1. The number of benzene rings is 4. The van der Waals surface area contributed by atoms with E-state index in [2.05, 4.69) is 48.4 Å². The summed E-state index contributed by atoms with van der Waals surface area (Å²) < 4.78 is 42.7. The first-order valence-electron chi connectivity index (χ1n) is 12.0. The lowest BCUT2D eigenvalue weighted by Crippen LogP contribution is -2.10. The third-order valence-electron chi connectivity index (χ3n) is 7.12. The van der Waals surface area contributed by atoms with Gasteiger partial charge in [-0.15, -0.1) is 0 Å². The van der Waals surface area contributed by atoms with Crippen molar-refractivity contribution in [1.29, 1.82) is 0 Å². The second kappa shape index (κ2) is 6.84. The van der Waals surface area contributed by atoms with E-state index in [1.54, 1.807) is 12.4 Å². The molecule has 0 spiro atoms. The second-order valence-corrected chi connectivity index (χ2v) is 10.9. The molecule has 7 rings (SSSR count). The molecule has 0 fully saturated rings. The molecule has 0 saturated heterocycles. The van der Waals surface area contributed by atoms with Gasteiger partial charge in [0.2, 0.25) is 0 Å². The van der Waals surface area contributed by atoms with Crippen molar-refractivity contribution in [3.05, 3.63) is 78.1 Å². The molecule has 0 saturated carbocycles. The molecule has 3 aromatic heterocycles. The van der Waals surface area contributed by atoms with E-state index in [0.717, 1.165) is 61.6 Å². The third-order valence-corrected chi connectivity index (χ3v) is 7.12. The lowest BCUT2D eigenvalue weighted by Gasteiger charge is -2.20. The van der Waals surface area contributed by atoms with Crippen molar-refractivity contribution in [1.82, 2.24) is 14.4 Å². The van der Waals surface area contributed by atoms with Crippen LogP contribution in [0.3, 0.4) is 0 Å². The Kier molecular flexibility index (Phi) is 4.06. The normalized spacial score (nSPS) is 13.4. The van der Waals surface area contributed by atoms with Crippen LogP contribution in [0.4, 0.5) is 13.2 Å². The average Bonchev–Trinajstić information content (AvgIpc) is 3.17. The summed E-state index contributed by atoms with van der Waals surface area (Å²) in [6.45, 7) is 6.66. The van der Waals surface area contributed by atoms with E-state index in [0.29, 0.717) is 5.39 Å². The van der Waals surface area contributed by atoms with Gasteiger partial charge in [0.25, 0.3) is 0 Å². The first-order valence-corrected chi connectivity index (χ1v) is 12.0.